The van der Waals surface area contributed by atoms with Crippen molar-refractivity contribution >= 4 is 62.7 Å². The Bertz CT molecular complexity index is 1200. The number of nitrogens with zero attached hydrogens (tertiary/aromatic N) is 1. The van der Waals surface area contributed by atoms with Crippen molar-refractivity contribution < 1.29 is 9.59 Å². The Morgan fingerprint density at radius 3 is 2.41 bits per heavy atom. The van der Waals surface area contributed by atoms with Gasteiger partial charge in [-0.2, -0.15) is 0 Å². The van der Waals surface area contributed by atoms with E-state index in [0.717, 1.165) is 27.6 Å². The van der Waals surface area contributed by atoms with E-state index in [1.54, 1.807) is 17.0 Å². The second-order valence-corrected chi connectivity index (χ2v) is 11.6. The second-order valence-electron chi connectivity index (χ2n) is 8.90. The molecule has 0 saturated heterocycles. The molecule has 0 fully saturated rings. The molecule has 0 unspecified atom stereocenters. The number of nitrogens with one attached hydrogen (secondary N) is 1. The molecule has 196 valence electrons. The van der Waals surface area contributed by atoms with E-state index in [4.69, 9.17) is 23.2 Å². The average Bonchev–Trinajstić information content (AvgIpc) is 2.87. The average molecular weight is 622 g/mol. The Morgan fingerprint density at radius 1 is 1.00 bits per heavy atom. The molecule has 1 N–H and O–H groups in total. The molecule has 37 heavy (non-hydrogen) atoms. The van der Waals surface area contributed by atoms with Crippen LogP contribution in [0.3, 0.4) is 0 Å². The normalized spacial score (nSPS) is 12.6. The lowest BCUT2D eigenvalue weighted by atomic mass is 10.0. The van der Waals surface area contributed by atoms with Crippen LogP contribution >= 0.6 is 50.9 Å². The maximum absolute atomic E-state index is 13.7. The van der Waals surface area contributed by atoms with Crippen molar-refractivity contribution in [3.8, 4) is 0 Å². The van der Waals surface area contributed by atoms with E-state index in [0.29, 0.717) is 28.8 Å². The largest absolute Gasteiger partial charge is 0.352 e. The molecular weight excluding hydrogens is 591 g/mol. The van der Waals surface area contributed by atoms with Gasteiger partial charge in [-0.15, -0.1) is 11.8 Å². The predicted molar refractivity (Wildman–Crippen MR) is 159 cm³/mol. The molecule has 0 aromatic heterocycles. The number of amides is 2. The van der Waals surface area contributed by atoms with Gasteiger partial charge in [0.15, 0.2) is 0 Å². The predicted octanol–water partition coefficient (Wildman–Crippen LogP) is 7.54. The molecule has 0 aliphatic carbocycles. The van der Waals surface area contributed by atoms with Gasteiger partial charge in [-0.3, -0.25) is 9.59 Å². The van der Waals surface area contributed by atoms with Gasteiger partial charge in [0.05, 0.1) is 5.75 Å². The maximum Gasteiger partial charge on any atom is 0.243 e. The lowest BCUT2D eigenvalue weighted by Gasteiger charge is -2.32. The van der Waals surface area contributed by atoms with Crippen LogP contribution in [0.2, 0.25) is 10.0 Å². The van der Waals surface area contributed by atoms with Crippen LogP contribution in [-0.4, -0.2) is 34.6 Å². The van der Waals surface area contributed by atoms with E-state index in [1.807, 2.05) is 74.5 Å². The third-order valence-electron chi connectivity index (χ3n) is 6.01. The number of halogens is 3. The van der Waals surface area contributed by atoms with Crippen LogP contribution in [0.1, 0.15) is 37.0 Å². The molecule has 2 amide bonds. The molecule has 0 bridgehead atoms. The van der Waals surface area contributed by atoms with Crippen LogP contribution in [0.5, 0.6) is 0 Å². The SMILES string of the molecule is CC[C@H](C)NC(=O)[C@H](Cc1ccccc1)N(Cc1cccc(Br)c1)C(=O)CSCc1ccc(Cl)cc1Cl. The highest BCUT2D eigenvalue weighted by Crippen LogP contribution is 2.26. The van der Waals surface area contributed by atoms with Crippen molar-refractivity contribution in [1.29, 1.82) is 0 Å². The second kappa shape index (κ2) is 14.8. The van der Waals surface area contributed by atoms with E-state index >= 15 is 0 Å². The van der Waals surface area contributed by atoms with Gasteiger partial charge in [-0.25, -0.2) is 0 Å². The lowest BCUT2D eigenvalue weighted by molar-refractivity contribution is -0.139. The number of hydrogen-bond acceptors (Lipinski definition) is 3. The molecule has 2 atom stereocenters. The zero-order valence-corrected chi connectivity index (χ0v) is 24.8. The van der Waals surface area contributed by atoms with Crippen molar-refractivity contribution in [2.45, 2.75) is 51.1 Å². The molecule has 0 heterocycles. The van der Waals surface area contributed by atoms with Crippen LogP contribution < -0.4 is 5.32 Å². The van der Waals surface area contributed by atoms with Crippen molar-refractivity contribution in [2.75, 3.05) is 5.75 Å². The fraction of sp³-hybridized carbons (Fsp3) is 0.310. The topological polar surface area (TPSA) is 49.4 Å². The Labute approximate surface area is 242 Å². The van der Waals surface area contributed by atoms with Crippen LogP contribution in [0.4, 0.5) is 0 Å². The Hall–Kier alpha value is -1.99. The zero-order chi connectivity index (χ0) is 26.8. The summed E-state index contributed by atoms with van der Waals surface area (Å²) in [5.74, 6) is 0.534. The van der Waals surface area contributed by atoms with Gasteiger partial charge in [-0.1, -0.05) is 94.6 Å². The van der Waals surface area contributed by atoms with E-state index in [2.05, 4.69) is 21.2 Å². The smallest absolute Gasteiger partial charge is 0.243 e. The van der Waals surface area contributed by atoms with Crippen LogP contribution in [-0.2, 0) is 28.3 Å². The van der Waals surface area contributed by atoms with Gasteiger partial charge >= 0.3 is 0 Å². The third-order valence-corrected chi connectivity index (χ3v) is 8.06. The zero-order valence-electron chi connectivity index (χ0n) is 20.9. The summed E-state index contributed by atoms with van der Waals surface area (Å²) in [5, 5.41) is 4.25. The summed E-state index contributed by atoms with van der Waals surface area (Å²) in [7, 11) is 0. The molecule has 3 rings (SSSR count). The minimum atomic E-state index is -0.650. The number of carbonyl (C=O) groups excluding carboxylic acids is 2. The molecule has 0 aliphatic rings. The lowest BCUT2D eigenvalue weighted by Crippen LogP contribution is -2.52. The minimum Gasteiger partial charge on any atom is -0.352 e. The van der Waals surface area contributed by atoms with E-state index in [-0.39, 0.29) is 23.6 Å². The summed E-state index contributed by atoms with van der Waals surface area (Å²) in [6.07, 6.45) is 1.23. The van der Waals surface area contributed by atoms with Gasteiger partial charge in [0.25, 0.3) is 0 Å². The highest BCUT2D eigenvalue weighted by Gasteiger charge is 2.31. The number of benzene rings is 3. The minimum absolute atomic E-state index is 0.00927. The van der Waals surface area contributed by atoms with Crippen molar-refractivity contribution in [2.24, 2.45) is 0 Å². The van der Waals surface area contributed by atoms with E-state index in [9.17, 15) is 9.59 Å². The number of hydrogen-bond donors (Lipinski definition) is 1. The molecule has 3 aromatic rings. The quantitative estimate of drug-likeness (QED) is 0.227. The summed E-state index contributed by atoms with van der Waals surface area (Å²) < 4.78 is 0.924. The first-order valence-electron chi connectivity index (χ1n) is 12.2. The first-order chi connectivity index (χ1) is 17.8. The number of rotatable bonds is 12. The fourth-order valence-electron chi connectivity index (χ4n) is 3.80. The van der Waals surface area contributed by atoms with Crippen LogP contribution in [0.25, 0.3) is 0 Å². The first-order valence-corrected chi connectivity index (χ1v) is 14.9. The maximum atomic E-state index is 13.7. The number of thioether (sulfide) groups is 1. The summed E-state index contributed by atoms with van der Waals surface area (Å²) in [5.41, 5.74) is 2.86. The Balaban J connectivity index is 1.86. The summed E-state index contributed by atoms with van der Waals surface area (Å²) in [6.45, 7) is 4.33. The molecular formula is C29H31BrCl2N2O2S. The van der Waals surface area contributed by atoms with Gasteiger partial charge in [0.1, 0.15) is 6.04 Å². The van der Waals surface area contributed by atoms with Crippen LogP contribution in [0.15, 0.2) is 77.3 Å². The van der Waals surface area contributed by atoms with Gasteiger partial charge < -0.3 is 10.2 Å². The summed E-state index contributed by atoms with van der Waals surface area (Å²) in [4.78, 5) is 29.0. The molecule has 8 heteroatoms. The molecule has 4 nitrogen and oxygen atoms in total. The highest BCUT2D eigenvalue weighted by atomic mass is 79.9. The first kappa shape index (κ1) is 29.6. The van der Waals surface area contributed by atoms with Gasteiger partial charge in [0, 0.05) is 39.3 Å². The Kier molecular flexibility index (Phi) is 11.8. The summed E-state index contributed by atoms with van der Waals surface area (Å²) in [6, 6.07) is 22.4. The third kappa shape index (κ3) is 9.36. The van der Waals surface area contributed by atoms with Gasteiger partial charge in [-0.05, 0) is 54.3 Å². The van der Waals surface area contributed by atoms with E-state index in [1.165, 1.54) is 11.8 Å². The van der Waals surface area contributed by atoms with Crippen molar-refractivity contribution in [3.05, 3.63) is 104 Å². The number of carbonyl (C=O) groups is 2. The van der Waals surface area contributed by atoms with Crippen molar-refractivity contribution in [1.82, 2.24) is 10.2 Å². The molecule has 0 spiro atoms. The van der Waals surface area contributed by atoms with Crippen LogP contribution in [0, 0.1) is 0 Å². The summed E-state index contributed by atoms with van der Waals surface area (Å²) >= 11 is 17.3. The fourth-order valence-corrected chi connectivity index (χ4v) is 5.71. The standard InChI is InChI=1S/C29H31BrCl2N2O2S/c1-3-20(2)33-29(36)27(15-21-8-5-4-6-9-21)34(17-22-10-7-11-24(30)14-22)28(35)19-37-18-23-12-13-25(31)16-26(23)32/h4-14,16,20,27H,3,15,17-19H2,1-2H3,(H,33,36)/t20-,27-/m0/s1. The van der Waals surface area contributed by atoms with Crippen molar-refractivity contribution in [3.63, 3.8) is 0 Å². The Morgan fingerprint density at radius 2 is 1.73 bits per heavy atom. The molecule has 0 radical (unpaired) electrons. The monoisotopic (exact) mass is 620 g/mol. The molecule has 3 aromatic carbocycles. The molecule has 0 saturated carbocycles. The van der Waals surface area contributed by atoms with E-state index < -0.39 is 6.04 Å². The van der Waals surface area contributed by atoms with Gasteiger partial charge in [0.2, 0.25) is 11.8 Å². The molecule has 0 aliphatic heterocycles. The highest BCUT2D eigenvalue weighted by molar-refractivity contribution is 9.10.